The van der Waals surface area contributed by atoms with Gasteiger partial charge >= 0.3 is 0 Å². The second-order valence-electron chi connectivity index (χ2n) is 6.16. The number of benzene rings is 1. The van der Waals surface area contributed by atoms with Crippen molar-refractivity contribution in [3.63, 3.8) is 0 Å². The highest BCUT2D eigenvalue weighted by molar-refractivity contribution is 6.46. The molecule has 1 atom stereocenters. The Balaban J connectivity index is 1.63. The number of amides is 1. The van der Waals surface area contributed by atoms with Crippen LogP contribution in [0.2, 0.25) is 0 Å². The summed E-state index contributed by atoms with van der Waals surface area (Å²) >= 11 is 0. The quantitative estimate of drug-likeness (QED) is 0.751. The topological polar surface area (TPSA) is 119 Å². The monoisotopic (exact) mass is 335 g/mol. The molecule has 8 nitrogen and oxygen atoms in total. The molecule has 3 aliphatic rings. The van der Waals surface area contributed by atoms with E-state index in [1.807, 2.05) is 12.1 Å². The number of hydrogen-bond acceptors (Lipinski definition) is 7. The average Bonchev–Trinajstić information content (AvgIpc) is 3.32. The maximum absolute atomic E-state index is 11.3. The molecule has 126 valence electrons. The van der Waals surface area contributed by atoms with Crippen LogP contribution in [0.5, 0.6) is 0 Å². The Morgan fingerprint density at radius 2 is 2.32 bits per heavy atom. The van der Waals surface area contributed by atoms with E-state index >= 15 is 0 Å². The molecule has 1 saturated carbocycles. The number of nitriles is 1. The van der Waals surface area contributed by atoms with Crippen molar-refractivity contribution in [1.29, 1.82) is 5.26 Å². The summed E-state index contributed by atoms with van der Waals surface area (Å²) in [7, 11) is 0. The first-order valence-corrected chi connectivity index (χ1v) is 8.11. The number of carbonyl (C=O) groups is 1. The van der Waals surface area contributed by atoms with Crippen LogP contribution in [-0.2, 0) is 0 Å². The number of hydrogen-bond donors (Lipinski definition) is 3. The van der Waals surface area contributed by atoms with Crippen molar-refractivity contribution in [2.75, 3.05) is 11.9 Å². The van der Waals surface area contributed by atoms with Crippen molar-refractivity contribution >= 4 is 23.1 Å². The summed E-state index contributed by atoms with van der Waals surface area (Å²) < 4.78 is 0. The third-order valence-corrected chi connectivity index (χ3v) is 4.15. The summed E-state index contributed by atoms with van der Waals surface area (Å²) in [4.78, 5) is 20.5. The van der Waals surface area contributed by atoms with Gasteiger partial charge in [0, 0.05) is 17.3 Å². The fourth-order valence-electron chi connectivity index (χ4n) is 2.74. The normalized spacial score (nSPS) is 23.2. The van der Waals surface area contributed by atoms with Crippen LogP contribution in [0.4, 0.5) is 5.69 Å². The number of nitrogens with two attached hydrogens (primary N) is 1. The minimum Gasteiger partial charge on any atom is -0.366 e. The zero-order valence-corrected chi connectivity index (χ0v) is 13.4. The molecule has 25 heavy (non-hydrogen) atoms. The molecular weight excluding hydrogens is 318 g/mol. The number of anilines is 1. The summed E-state index contributed by atoms with van der Waals surface area (Å²) in [5.41, 5.74) is 10.4. The Kier molecular flexibility index (Phi) is 3.61. The van der Waals surface area contributed by atoms with Crippen LogP contribution < -0.4 is 16.5 Å². The number of nitrogens with zero attached hydrogens (tertiary/aromatic N) is 4. The predicted octanol–water partition coefficient (Wildman–Crippen LogP) is 0.767. The molecule has 1 aliphatic carbocycles. The van der Waals surface area contributed by atoms with E-state index in [9.17, 15) is 10.1 Å². The maximum Gasteiger partial charge on any atom is 0.248 e. The van der Waals surface area contributed by atoms with E-state index in [1.165, 1.54) is 0 Å². The molecule has 1 aromatic rings. The van der Waals surface area contributed by atoms with Crippen LogP contribution in [0.1, 0.15) is 23.2 Å². The van der Waals surface area contributed by atoms with Gasteiger partial charge in [-0.1, -0.05) is 6.07 Å². The SMILES string of the molecule is N#CC1CN=C2C(=NC3CC3)C=C(Nc3cccc(C(N)=O)c3)NN21. The number of rotatable bonds is 4. The largest absolute Gasteiger partial charge is 0.366 e. The molecule has 1 aromatic carbocycles. The maximum atomic E-state index is 11.3. The van der Waals surface area contributed by atoms with Gasteiger partial charge in [0.25, 0.3) is 0 Å². The summed E-state index contributed by atoms with van der Waals surface area (Å²) in [6.07, 6.45) is 4.05. The van der Waals surface area contributed by atoms with Gasteiger partial charge in [-0.25, -0.2) is 5.01 Å². The molecule has 2 heterocycles. The third-order valence-electron chi connectivity index (χ3n) is 4.15. The highest BCUT2D eigenvalue weighted by Gasteiger charge is 2.35. The Morgan fingerprint density at radius 1 is 1.48 bits per heavy atom. The molecule has 4 rings (SSSR count). The smallest absolute Gasteiger partial charge is 0.248 e. The molecule has 0 radical (unpaired) electrons. The van der Waals surface area contributed by atoms with Crippen LogP contribution in [0.3, 0.4) is 0 Å². The van der Waals surface area contributed by atoms with Crippen LogP contribution >= 0.6 is 0 Å². The van der Waals surface area contributed by atoms with E-state index < -0.39 is 5.91 Å². The van der Waals surface area contributed by atoms with Gasteiger partial charge in [0.1, 0.15) is 11.5 Å². The number of hydrazine groups is 1. The van der Waals surface area contributed by atoms with Crippen LogP contribution in [0.25, 0.3) is 0 Å². The highest BCUT2D eigenvalue weighted by atomic mass is 16.1. The van der Waals surface area contributed by atoms with Crippen molar-refractivity contribution < 1.29 is 4.79 Å². The number of fused-ring (bicyclic) bond motifs is 1. The lowest BCUT2D eigenvalue weighted by molar-refractivity contribution is 0.100. The standard InChI is InChI=1S/C17H17N7O/c18-8-13-9-20-17-14(21-11-4-5-11)7-15(23-24(13)17)22-12-3-1-2-10(6-12)16(19)25/h1-3,6-7,11,13,22-23H,4-5,9H2,(H2,19,25). The summed E-state index contributed by atoms with van der Waals surface area (Å²) in [5, 5.41) is 14.3. The molecule has 1 amide bonds. The number of aliphatic imine (C=N–C) groups is 2. The first-order chi connectivity index (χ1) is 12.1. The van der Waals surface area contributed by atoms with Crippen molar-refractivity contribution in [2.45, 2.75) is 24.9 Å². The van der Waals surface area contributed by atoms with Gasteiger partial charge in [-0.2, -0.15) is 5.26 Å². The lowest BCUT2D eigenvalue weighted by atomic mass is 10.2. The Hall–Kier alpha value is -3.34. The van der Waals surface area contributed by atoms with E-state index in [2.05, 4.69) is 21.8 Å². The predicted molar refractivity (Wildman–Crippen MR) is 93.8 cm³/mol. The number of primary amides is 1. The minimum atomic E-state index is -0.483. The van der Waals surface area contributed by atoms with Gasteiger partial charge in [0.05, 0.1) is 18.7 Å². The Morgan fingerprint density at radius 3 is 3.04 bits per heavy atom. The summed E-state index contributed by atoms with van der Waals surface area (Å²) in [6, 6.07) is 9.14. The Labute approximate surface area is 144 Å². The molecule has 0 bridgehead atoms. The fourth-order valence-corrected chi connectivity index (χ4v) is 2.74. The summed E-state index contributed by atoms with van der Waals surface area (Å²) in [6.45, 7) is 0.417. The van der Waals surface area contributed by atoms with Crippen LogP contribution in [-0.4, -0.2) is 41.1 Å². The zero-order valence-electron chi connectivity index (χ0n) is 13.4. The molecule has 4 N–H and O–H groups in total. The van der Waals surface area contributed by atoms with E-state index in [0.717, 1.165) is 18.6 Å². The summed E-state index contributed by atoms with van der Waals surface area (Å²) in [5.74, 6) is 0.890. The minimum absolute atomic E-state index is 0.342. The van der Waals surface area contributed by atoms with Crippen molar-refractivity contribution in [1.82, 2.24) is 10.4 Å². The zero-order chi connectivity index (χ0) is 17.4. The number of amidine groups is 1. The first kappa shape index (κ1) is 15.2. The second-order valence-corrected chi connectivity index (χ2v) is 6.16. The van der Waals surface area contributed by atoms with Gasteiger partial charge in [0.15, 0.2) is 11.9 Å². The molecule has 8 heteroatoms. The van der Waals surface area contributed by atoms with Gasteiger partial charge < -0.3 is 11.1 Å². The van der Waals surface area contributed by atoms with Gasteiger partial charge in [-0.05, 0) is 31.0 Å². The van der Waals surface area contributed by atoms with Crippen molar-refractivity contribution in [2.24, 2.45) is 15.7 Å². The molecule has 1 unspecified atom stereocenters. The lowest BCUT2D eigenvalue weighted by Crippen LogP contribution is -2.52. The third kappa shape index (κ3) is 3.04. The van der Waals surface area contributed by atoms with Crippen molar-refractivity contribution in [3.8, 4) is 6.07 Å². The molecule has 0 aromatic heterocycles. The molecule has 2 aliphatic heterocycles. The first-order valence-electron chi connectivity index (χ1n) is 8.11. The van der Waals surface area contributed by atoms with Crippen LogP contribution in [0, 0.1) is 11.3 Å². The second kappa shape index (κ2) is 5.94. The van der Waals surface area contributed by atoms with E-state index in [0.29, 0.717) is 35.5 Å². The van der Waals surface area contributed by atoms with Gasteiger partial charge in [-0.3, -0.25) is 20.2 Å². The Bertz CT molecular complexity index is 860. The van der Waals surface area contributed by atoms with Gasteiger partial charge in [0.2, 0.25) is 5.91 Å². The molecule has 0 saturated heterocycles. The van der Waals surface area contributed by atoms with Crippen LogP contribution in [0.15, 0.2) is 46.1 Å². The van der Waals surface area contributed by atoms with Gasteiger partial charge in [-0.15, -0.1) is 0 Å². The van der Waals surface area contributed by atoms with Crippen molar-refractivity contribution in [3.05, 3.63) is 41.7 Å². The van der Waals surface area contributed by atoms with E-state index in [1.54, 1.807) is 23.2 Å². The number of carbonyl (C=O) groups excluding carboxylic acids is 1. The molecule has 1 fully saturated rings. The van der Waals surface area contributed by atoms with E-state index in [4.69, 9.17) is 10.7 Å². The molecular formula is C17H17N7O. The lowest BCUT2D eigenvalue weighted by Gasteiger charge is -2.31. The van der Waals surface area contributed by atoms with E-state index in [-0.39, 0.29) is 6.04 Å². The fraction of sp³-hybridized carbons (Fsp3) is 0.294. The highest BCUT2D eigenvalue weighted by Crippen LogP contribution is 2.26. The average molecular weight is 335 g/mol. The number of nitrogens with one attached hydrogen (secondary N) is 2. The molecule has 0 spiro atoms.